The molecule has 1 rings (SSSR count). The Morgan fingerprint density at radius 2 is 0.905 bits per heavy atom. The van der Waals surface area contributed by atoms with Crippen molar-refractivity contribution in [1.29, 1.82) is 0 Å². The minimum absolute atomic E-state index is 0.0566. The molecule has 14 heteroatoms. The number of carbonyl (C=O) groups excluding carboxylic acids is 2. The van der Waals surface area contributed by atoms with E-state index in [0.29, 0.717) is 12.8 Å². The van der Waals surface area contributed by atoms with Crippen LogP contribution in [-0.4, -0.2) is 98.3 Å². The minimum Gasteiger partial charge on any atom is -0.462 e. The normalized spacial score (nSPS) is 22.2. The van der Waals surface area contributed by atoms with E-state index in [1.807, 2.05) is 0 Å². The zero-order valence-electron chi connectivity index (χ0n) is 38.6. The maximum atomic E-state index is 12.8. The summed E-state index contributed by atoms with van der Waals surface area (Å²) in [4.78, 5) is 35.7. The summed E-state index contributed by atoms with van der Waals surface area (Å²) < 4.78 is 33.5. The zero-order valence-corrected chi connectivity index (χ0v) is 39.5. The molecule has 13 nitrogen and oxygen atoms in total. The van der Waals surface area contributed by atoms with Gasteiger partial charge in [-0.3, -0.25) is 18.6 Å². The topological polar surface area (TPSA) is 210 Å². The second-order valence-corrected chi connectivity index (χ2v) is 18.0. The maximum Gasteiger partial charge on any atom is 0.472 e. The van der Waals surface area contributed by atoms with E-state index < -0.39 is 75.7 Å². The highest BCUT2D eigenvalue weighted by molar-refractivity contribution is 7.47. The van der Waals surface area contributed by atoms with Crippen LogP contribution in [0.1, 0.15) is 181 Å². The molecule has 364 valence electrons. The molecule has 0 heterocycles. The Bertz CT molecular complexity index is 1330. The first-order valence-electron chi connectivity index (χ1n) is 24.1. The van der Waals surface area contributed by atoms with Gasteiger partial charge in [-0.1, -0.05) is 171 Å². The van der Waals surface area contributed by atoms with Crippen LogP contribution in [0, 0.1) is 0 Å². The summed E-state index contributed by atoms with van der Waals surface area (Å²) in [7, 11) is -5.13. The van der Waals surface area contributed by atoms with Gasteiger partial charge in [-0.15, -0.1) is 0 Å². The Morgan fingerprint density at radius 1 is 0.508 bits per heavy atom. The summed E-state index contributed by atoms with van der Waals surface area (Å²) in [5.74, 6) is -1.14. The Labute approximate surface area is 379 Å². The van der Waals surface area contributed by atoms with Gasteiger partial charge >= 0.3 is 19.8 Å². The molecule has 63 heavy (non-hydrogen) atoms. The third kappa shape index (κ3) is 31.2. The molecule has 0 bridgehead atoms. The van der Waals surface area contributed by atoms with Crippen molar-refractivity contribution in [1.82, 2.24) is 0 Å². The van der Waals surface area contributed by atoms with E-state index in [1.165, 1.54) is 70.6 Å². The van der Waals surface area contributed by atoms with Crippen LogP contribution in [-0.2, 0) is 32.7 Å². The number of carbonyl (C=O) groups is 2. The van der Waals surface area contributed by atoms with E-state index in [0.717, 1.165) is 70.6 Å². The third-order valence-electron chi connectivity index (χ3n) is 10.9. The van der Waals surface area contributed by atoms with Gasteiger partial charge in [0.15, 0.2) is 6.10 Å². The number of allylic oxidation sites excluding steroid dienone is 10. The van der Waals surface area contributed by atoms with Crippen LogP contribution in [0.25, 0.3) is 0 Å². The van der Waals surface area contributed by atoms with Crippen molar-refractivity contribution in [3.63, 3.8) is 0 Å². The van der Waals surface area contributed by atoms with Crippen LogP contribution < -0.4 is 0 Å². The number of hydrogen-bond donors (Lipinski definition) is 6. The molecular weight excluding hydrogens is 828 g/mol. The van der Waals surface area contributed by atoms with Crippen LogP contribution in [0.15, 0.2) is 60.8 Å². The SMILES string of the molecule is CC/C=C/C/C=C/C/C=C/C/C=C/C/C=C/CCCCCC(=O)O[C@H](COC(=O)CCCCCCCCCCCCCCCCC)COP(=O)(O)OC1C(O)C(O)C(O)[C@@H](O)C1O. The summed E-state index contributed by atoms with van der Waals surface area (Å²) in [5.41, 5.74) is 0. The summed E-state index contributed by atoms with van der Waals surface area (Å²) in [5, 5.41) is 50.2. The number of aliphatic hydroxyl groups excluding tert-OH is 5. The van der Waals surface area contributed by atoms with E-state index in [1.54, 1.807) is 0 Å². The molecule has 0 aromatic rings. The molecule has 0 aliphatic heterocycles. The predicted octanol–water partition coefficient (Wildman–Crippen LogP) is 9.73. The molecule has 6 unspecified atom stereocenters. The number of phosphoric acid groups is 1. The number of phosphoric ester groups is 1. The second kappa shape index (κ2) is 38.8. The summed E-state index contributed by atoms with van der Waals surface area (Å²) in [6.07, 6.45) is 34.1. The van der Waals surface area contributed by atoms with Gasteiger partial charge in [0.25, 0.3) is 0 Å². The average molecular weight is 913 g/mol. The van der Waals surface area contributed by atoms with E-state index in [9.17, 15) is 44.6 Å². The number of hydrogen-bond acceptors (Lipinski definition) is 12. The fourth-order valence-electron chi connectivity index (χ4n) is 7.02. The Hall–Kier alpha value is -2.45. The van der Waals surface area contributed by atoms with Crippen molar-refractivity contribution in [2.45, 2.75) is 224 Å². The lowest BCUT2D eigenvalue weighted by Crippen LogP contribution is -2.64. The largest absolute Gasteiger partial charge is 0.472 e. The van der Waals surface area contributed by atoms with Gasteiger partial charge in [0.2, 0.25) is 0 Å². The fraction of sp³-hybridized carbons (Fsp3) is 0.755. The first kappa shape index (κ1) is 58.6. The molecule has 0 aromatic carbocycles. The number of aliphatic hydroxyl groups is 5. The van der Waals surface area contributed by atoms with Gasteiger partial charge in [-0.25, -0.2) is 4.57 Å². The Balaban J connectivity index is 2.47. The molecule has 0 radical (unpaired) electrons. The van der Waals surface area contributed by atoms with Gasteiger partial charge in [-0.2, -0.15) is 0 Å². The predicted molar refractivity (Wildman–Crippen MR) is 249 cm³/mol. The first-order valence-corrected chi connectivity index (χ1v) is 25.6. The quantitative estimate of drug-likeness (QED) is 0.0147. The van der Waals surface area contributed by atoms with Crippen LogP contribution in [0.5, 0.6) is 0 Å². The monoisotopic (exact) mass is 913 g/mol. The van der Waals surface area contributed by atoms with Gasteiger partial charge < -0.3 is 39.9 Å². The van der Waals surface area contributed by atoms with Gasteiger partial charge in [0.1, 0.15) is 43.2 Å². The molecule has 1 saturated carbocycles. The summed E-state index contributed by atoms with van der Waals surface area (Å²) in [6.45, 7) is 3.17. The fourth-order valence-corrected chi connectivity index (χ4v) is 7.99. The molecule has 0 spiro atoms. The molecule has 0 saturated heterocycles. The highest BCUT2D eigenvalue weighted by atomic mass is 31.2. The highest BCUT2D eigenvalue weighted by Gasteiger charge is 2.51. The summed E-state index contributed by atoms with van der Waals surface area (Å²) >= 11 is 0. The molecule has 0 amide bonds. The van der Waals surface area contributed by atoms with Crippen LogP contribution in [0.2, 0.25) is 0 Å². The van der Waals surface area contributed by atoms with E-state index in [-0.39, 0.29) is 12.8 Å². The Kier molecular flexibility index (Phi) is 36.1. The van der Waals surface area contributed by atoms with E-state index in [4.69, 9.17) is 18.5 Å². The second-order valence-electron chi connectivity index (χ2n) is 16.6. The van der Waals surface area contributed by atoms with Gasteiger partial charge in [-0.05, 0) is 57.8 Å². The molecule has 0 aromatic heterocycles. The van der Waals surface area contributed by atoms with Crippen LogP contribution in [0.3, 0.4) is 0 Å². The smallest absolute Gasteiger partial charge is 0.462 e. The lowest BCUT2D eigenvalue weighted by molar-refractivity contribution is -0.220. The van der Waals surface area contributed by atoms with Crippen molar-refractivity contribution in [3.8, 4) is 0 Å². The molecule has 1 fully saturated rings. The summed E-state index contributed by atoms with van der Waals surface area (Å²) in [6, 6.07) is 0. The number of ether oxygens (including phenoxy) is 2. The van der Waals surface area contributed by atoms with Crippen molar-refractivity contribution >= 4 is 19.8 Å². The molecule has 1 aliphatic rings. The van der Waals surface area contributed by atoms with E-state index >= 15 is 0 Å². The molecule has 6 N–H and O–H groups in total. The van der Waals surface area contributed by atoms with Crippen molar-refractivity contribution in [2.75, 3.05) is 13.2 Å². The lowest BCUT2D eigenvalue weighted by atomic mass is 9.85. The van der Waals surface area contributed by atoms with Crippen LogP contribution >= 0.6 is 7.82 Å². The lowest BCUT2D eigenvalue weighted by Gasteiger charge is -2.41. The maximum absolute atomic E-state index is 12.8. The van der Waals surface area contributed by atoms with Crippen LogP contribution in [0.4, 0.5) is 0 Å². The third-order valence-corrected chi connectivity index (χ3v) is 11.9. The molecule has 1 aliphatic carbocycles. The molecular formula is C49H85O13P. The van der Waals surface area contributed by atoms with E-state index in [2.05, 4.69) is 74.6 Å². The Morgan fingerprint density at radius 3 is 1.38 bits per heavy atom. The minimum atomic E-state index is -5.13. The first-order chi connectivity index (χ1) is 30.4. The molecule has 8 atom stereocenters. The average Bonchev–Trinajstić information content (AvgIpc) is 3.26. The number of unbranched alkanes of at least 4 members (excludes halogenated alkanes) is 17. The standard InChI is InChI=1S/C49H85O13P/c1-3-5-7-9-11-13-15-17-19-20-21-22-24-26-28-30-32-34-36-38-43(51)61-41(40-60-63(57,58)62-49-47(55)45(53)44(52)46(54)48(49)56)39-59-42(50)37-35-33-31-29-27-25-23-18-16-14-12-10-8-6-4-2/h5,7,11,13,17,19,21-22,26,28,41,44-49,52-56H,3-4,6,8-10,12,14-16,18,20,23-25,27,29-40H2,1-2H3,(H,57,58)/b7-5+,13-11+,19-17+,22-21+,28-26+/t41-,44?,45-,46?,47?,48?,49?/m1/s1. The number of rotatable bonds is 39. The number of esters is 2. The van der Waals surface area contributed by atoms with Gasteiger partial charge in [0.05, 0.1) is 6.61 Å². The van der Waals surface area contributed by atoms with Crippen molar-refractivity contribution in [2.24, 2.45) is 0 Å². The van der Waals surface area contributed by atoms with Crippen molar-refractivity contribution in [3.05, 3.63) is 60.8 Å². The zero-order chi connectivity index (χ0) is 46.4. The van der Waals surface area contributed by atoms with Crippen molar-refractivity contribution < 1.29 is 63.1 Å². The van der Waals surface area contributed by atoms with Gasteiger partial charge in [0, 0.05) is 12.8 Å². The highest BCUT2D eigenvalue weighted by Crippen LogP contribution is 2.47.